The number of esters is 1. The van der Waals surface area contributed by atoms with Crippen LogP contribution in [0.15, 0.2) is 24.3 Å². The van der Waals surface area contributed by atoms with E-state index < -0.39 is 17.7 Å². The van der Waals surface area contributed by atoms with Crippen molar-refractivity contribution in [2.24, 2.45) is 0 Å². The van der Waals surface area contributed by atoms with Gasteiger partial charge in [0.05, 0.1) is 11.6 Å². The summed E-state index contributed by atoms with van der Waals surface area (Å²) in [5.74, 6) is -1.07. The second-order valence-electron chi connectivity index (χ2n) is 6.48. The molecule has 23 heavy (non-hydrogen) atoms. The van der Waals surface area contributed by atoms with Crippen LogP contribution in [0.5, 0.6) is 5.75 Å². The van der Waals surface area contributed by atoms with Crippen molar-refractivity contribution in [3.8, 4) is 5.75 Å². The average Bonchev–Trinajstić information content (AvgIpc) is 2.70. The standard InChI is InChI=1S/C17H21NO5/c1-10(2)22-15(20)13-14(19)11-8-6-7-9-12(11)18(13)16(21)23-17(3,4)5/h6-10,19H,1-5H3. The summed E-state index contributed by atoms with van der Waals surface area (Å²) in [4.78, 5) is 24.8. The zero-order chi connectivity index (χ0) is 17.4. The molecule has 1 aromatic carbocycles. The van der Waals surface area contributed by atoms with E-state index >= 15 is 0 Å². The van der Waals surface area contributed by atoms with Gasteiger partial charge in [0.2, 0.25) is 0 Å². The van der Waals surface area contributed by atoms with Gasteiger partial charge in [0.1, 0.15) is 5.60 Å². The smallest absolute Gasteiger partial charge is 0.419 e. The Morgan fingerprint density at radius 1 is 1.17 bits per heavy atom. The highest BCUT2D eigenvalue weighted by molar-refractivity contribution is 6.06. The Morgan fingerprint density at radius 2 is 1.78 bits per heavy atom. The number of fused-ring (bicyclic) bond motifs is 1. The number of benzene rings is 1. The van der Waals surface area contributed by atoms with Gasteiger partial charge in [-0.15, -0.1) is 0 Å². The minimum atomic E-state index is -0.778. The molecule has 2 aromatic rings. The summed E-state index contributed by atoms with van der Waals surface area (Å²) >= 11 is 0. The van der Waals surface area contributed by atoms with Gasteiger partial charge >= 0.3 is 12.1 Å². The number of hydrogen-bond acceptors (Lipinski definition) is 5. The summed E-state index contributed by atoms with van der Waals surface area (Å²) in [7, 11) is 0. The maximum absolute atomic E-state index is 12.5. The number of rotatable bonds is 2. The summed E-state index contributed by atoms with van der Waals surface area (Å²) in [6, 6.07) is 6.67. The highest BCUT2D eigenvalue weighted by Gasteiger charge is 2.30. The highest BCUT2D eigenvalue weighted by Crippen LogP contribution is 2.33. The predicted molar refractivity (Wildman–Crippen MR) is 85.8 cm³/mol. The first-order valence-electron chi connectivity index (χ1n) is 7.38. The van der Waals surface area contributed by atoms with Gasteiger partial charge in [0.25, 0.3) is 0 Å². The molecule has 0 saturated carbocycles. The lowest BCUT2D eigenvalue weighted by Crippen LogP contribution is -2.29. The zero-order valence-corrected chi connectivity index (χ0v) is 13.9. The molecule has 0 aliphatic heterocycles. The minimum absolute atomic E-state index is 0.228. The molecule has 1 aromatic heterocycles. The van der Waals surface area contributed by atoms with Crippen LogP contribution in [-0.2, 0) is 9.47 Å². The van der Waals surface area contributed by atoms with E-state index in [-0.39, 0.29) is 17.5 Å². The van der Waals surface area contributed by atoms with E-state index in [1.165, 1.54) is 0 Å². The number of carbonyl (C=O) groups excluding carboxylic acids is 2. The van der Waals surface area contributed by atoms with Crippen molar-refractivity contribution in [2.75, 3.05) is 0 Å². The van der Waals surface area contributed by atoms with E-state index in [9.17, 15) is 14.7 Å². The van der Waals surface area contributed by atoms with Crippen LogP contribution in [0.3, 0.4) is 0 Å². The summed E-state index contributed by atoms with van der Waals surface area (Å²) in [6.07, 6.45) is -1.13. The van der Waals surface area contributed by atoms with Gasteiger partial charge in [-0.3, -0.25) is 0 Å². The Morgan fingerprint density at radius 3 is 2.35 bits per heavy atom. The number of carbonyl (C=O) groups is 2. The first kappa shape index (κ1) is 16.9. The molecular formula is C17H21NO5. The van der Waals surface area contributed by atoms with Crippen molar-refractivity contribution in [3.63, 3.8) is 0 Å². The fourth-order valence-electron chi connectivity index (χ4n) is 2.18. The number of aromatic nitrogens is 1. The van der Waals surface area contributed by atoms with Crippen molar-refractivity contribution in [1.82, 2.24) is 4.57 Å². The van der Waals surface area contributed by atoms with Gasteiger partial charge in [-0.25, -0.2) is 14.2 Å². The minimum Gasteiger partial charge on any atom is -0.505 e. The number of nitrogens with zero attached hydrogens (tertiary/aromatic N) is 1. The van der Waals surface area contributed by atoms with Gasteiger partial charge < -0.3 is 14.6 Å². The van der Waals surface area contributed by atoms with Crippen LogP contribution in [0.4, 0.5) is 4.79 Å². The lowest BCUT2D eigenvalue weighted by atomic mass is 10.2. The monoisotopic (exact) mass is 319 g/mol. The number of aromatic hydroxyl groups is 1. The predicted octanol–water partition coefficient (Wildman–Crippen LogP) is 3.70. The highest BCUT2D eigenvalue weighted by atomic mass is 16.6. The second-order valence-corrected chi connectivity index (χ2v) is 6.48. The third kappa shape index (κ3) is 3.47. The van der Waals surface area contributed by atoms with E-state index in [0.717, 1.165) is 4.57 Å². The molecule has 0 bridgehead atoms. The topological polar surface area (TPSA) is 77.8 Å². The molecule has 0 saturated heterocycles. The molecule has 6 nitrogen and oxygen atoms in total. The Bertz CT molecular complexity index is 752. The van der Waals surface area contributed by atoms with Crippen molar-refractivity contribution in [2.45, 2.75) is 46.3 Å². The molecule has 124 valence electrons. The molecule has 1 heterocycles. The molecule has 0 spiro atoms. The molecule has 0 amide bonds. The molecule has 0 atom stereocenters. The third-order valence-corrected chi connectivity index (χ3v) is 2.96. The maximum atomic E-state index is 12.5. The van der Waals surface area contributed by atoms with Crippen LogP contribution in [0.25, 0.3) is 10.9 Å². The van der Waals surface area contributed by atoms with Crippen molar-refractivity contribution in [3.05, 3.63) is 30.0 Å². The van der Waals surface area contributed by atoms with E-state index in [4.69, 9.17) is 9.47 Å². The first-order chi connectivity index (χ1) is 10.6. The molecular weight excluding hydrogens is 298 g/mol. The lowest BCUT2D eigenvalue weighted by molar-refractivity contribution is 0.0336. The molecule has 0 unspecified atom stereocenters. The molecule has 2 rings (SSSR count). The number of para-hydroxylation sites is 1. The van der Waals surface area contributed by atoms with Gasteiger partial charge in [0, 0.05) is 5.39 Å². The fourth-order valence-corrected chi connectivity index (χ4v) is 2.18. The van der Waals surface area contributed by atoms with E-state index in [0.29, 0.717) is 10.9 Å². The third-order valence-electron chi connectivity index (χ3n) is 2.96. The Balaban J connectivity index is 2.65. The van der Waals surface area contributed by atoms with Gasteiger partial charge in [-0.2, -0.15) is 0 Å². The van der Waals surface area contributed by atoms with Crippen LogP contribution in [0.1, 0.15) is 45.1 Å². The number of hydrogen-bond donors (Lipinski definition) is 1. The fraction of sp³-hybridized carbons (Fsp3) is 0.412. The Labute approximate surface area is 134 Å². The van der Waals surface area contributed by atoms with Crippen LogP contribution in [0, 0.1) is 0 Å². The van der Waals surface area contributed by atoms with Gasteiger partial charge in [-0.05, 0) is 46.8 Å². The zero-order valence-electron chi connectivity index (χ0n) is 13.9. The number of ether oxygens (including phenoxy) is 2. The van der Waals surface area contributed by atoms with Crippen LogP contribution >= 0.6 is 0 Å². The first-order valence-corrected chi connectivity index (χ1v) is 7.38. The molecule has 0 aliphatic rings. The quantitative estimate of drug-likeness (QED) is 0.854. The van der Waals surface area contributed by atoms with Crippen molar-refractivity contribution in [1.29, 1.82) is 0 Å². The summed E-state index contributed by atoms with van der Waals surface area (Å²) < 4.78 is 11.5. The van der Waals surface area contributed by atoms with Crippen molar-refractivity contribution < 1.29 is 24.2 Å². The van der Waals surface area contributed by atoms with Crippen LogP contribution in [-0.4, -0.2) is 33.4 Å². The molecule has 0 aliphatic carbocycles. The van der Waals surface area contributed by atoms with E-state index in [2.05, 4.69) is 0 Å². The lowest BCUT2D eigenvalue weighted by Gasteiger charge is -2.20. The molecule has 1 N–H and O–H groups in total. The summed E-state index contributed by atoms with van der Waals surface area (Å²) in [5.41, 5.74) is -0.582. The van der Waals surface area contributed by atoms with Gasteiger partial charge in [-0.1, -0.05) is 12.1 Å². The van der Waals surface area contributed by atoms with Crippen LogP contribution in [0.2, 0.25) is 0 Å². The average molecular weight is 319 g/mol. The molecule has 0 radical (unpaired) electrons. The second kappa shape index (κ2) is 5.95. The van der Waals surface area contributed by atoms with Gasteiger partial charge in [0.15, 0.2) is 11.4 Å². The summed E-state index contributed by atoms with van der Waals surface area (Å²) in [6.45, 7) is 8.55. The SMILES string of the molecule is CC(C)OC(=O)c1c(O)c2ccccc2n1C(=O)OC(C)(C)C. The van der Waals surface area contributed by atoms with E-state index in [1.807, 2.05) is 0 Å². The van der Waals surface area contributed by atoms with Crippen molar-refractivity contribution >= 4 is 23.0 Å². The Kier molecular flexibility index (Phi) is 4.36. The maximum Gasteiger partial charge on any atom is 0.419 e. The summed E-state index contributed by atoms with van der Waals surface area (Å²) in [5, 5.41) is 10.8. The Hall–Kier alpha value is -2.50. The molecule has 0 fully saturated rings. The normalized spacial score (nSPS) is 11.7. The molecule has 6 heteroatoms. The van der Waals surface area contributed by atoms with Crippen LogP contribution < -0.4 is 0 Å². The van der Waals surface area contributed by atoms with E-state index in [1.54, 1.807) is 58.9 Å². The largest absolute Gasteiger partial charge is 0.505 e.